The maximum absolute atomic E-state index is 10.6. The van der Waals surface area contributed by atoms with Crippen LogP contribution in [0.15, 0.2) is 29.1 Å². The Morgan fingerprint density at radius 3 is 2.88 bits per heavy atom. The van der Waals surface area contributed by atoms with Crippen LogP contribution in [0.5, 0.6) is 0 Å². The summed E-state index contributed by atoms with van der Waals surface area (Å²) >= 11 is 3.10. The molecule has 0 aliphatic carbocycles. The summed E-state index contributed by atoms with van der Waals surface area (Å²) in [6.45, 7) is 2.40. The first-order chi connectivity index (χ1) is 8.06. The molecule has 0 N–H and O–H groups in total. The van der Waals surface area contributed by atoms with Crippen LogP contribution >= 0.6 is 15.9 Å². The van der Waals surface area contributed by atoms with E-state index in [1.165, 1.54) is 4.68 Å². The van der Waals surface area contributed by atoms with Crippen LogP contribution in [-0.2, 0) is 6.54 Å². The highest BCUT2D eigenvalue weighted by atomic mass is 79.9. The third-order valence-electron chi connectivity index (χ3n) is 2.15. The van der Waals surface area contributed by atoms with E-state index in [1.807, 2.05) is 13.0 Å². The van der Waals surface area contributed by atoms with E-state index in [0.717, 1.165) is 11.1 Å². The summed E-state index contributed by atoms with van der Waals surface area (Å²) in [4.78, 5) is 14.2. The van der Waals surface area contributed by atoms with Crippen molar-refractivity contribution in [3.05, 3.63) is 50.4 Å². The van der Waals surface area contributed by atoms with Gasteiger partial charge < -0.3 is 10.1 Å². The highest BCUT2D eigenvalue weighted by Crippen LogP contribution is 2.22. The normalized spacial score (nSPS) is 10.5. The molecule has 0 spiro atoms. The zero-order valence-electron chi connectivity index (χ0n) is 9.00. The lowest BCUT2D eigenvalue weighted by Crippen LogP contribution is -2.01. The molecule has 0 fully saturated rings. The summed E-state index contributed by atoms with van der Waals surface area (Å²) in [5.41, 5.74) is 2.00. The second-order valence-corrected chi connectivity index (χ2v) is 4.48. The molecule has 0 saturated carbocycles. The predicted octanol–water partition coefficient (Wildman–Crippen LogP) is 2.31. The van der Waals surface area contributed by atoms with Crippen molar-refractivity contribution < 1.29 is 4.92 Å². The number of nitro groups is 1. The number of rotatable bonds is 3. The summed E-state index contributed by atoms with van der Waals surface area (Å²) in [7, 11) is 0. The minimum absolute atomic E-state index is 0.175. The lowest BCUT2D eigenvalue weighted by atomic mass is 10.2. The van der Waals surface area contributed by atoms with Gasteiger partial charge in [-0.2, -0.15) is 4.68 Å². The summed E-state index contributed by atoms with van der Waals surface area (Å²) in [5.74, 6) is -0.175. The second kappa shape index (κ2) is 4.62. The van der Waals surface area contributed by atoms with Crippen LogP contribution in [0.25, 0.3) is 0 Å². The van der Waals surface area contributed by atoms with Gasteiger partial charge in [-0.3, -0.25) is 4.98 Å². The summed E-state index contributed by atoms with van der Waals surface area (Å²) in [6.07, 6.45) is 5.06. The van der Waals surface area contributed by atoms with E-state index >= 15 is 0 Å². The first-order valence-electron chi connectivity index (χ1n) is 4.84. The molecule has 2 rings (SSSR count). The first-order valence-corrected chi connectivity index (χ1v) is 5.63. The number of aryl methyl sites for hydroxylation is 1. The molecular weight excluding hydrogens is 288 g/mol. The monoisotopic (exact) mass is 296 g/mol. The molecule has 0 aliphatic heterocycles. The van der Waals surface area contributed by atoms with E-state index in [1.54, 1.807) is 18.6 Å². The first kappa shape index (κ1) is 11.7. The van der Waals surface area contributed by atoms with E-state index in [4.69, 9.17) is 0 Å². The van der Waals surface area contributed by atoms with Crippen molar-refractivity contribution in [1.82, 2.24) is 14.8 Å². The quantitative estimate of drug-likeness (QED) is 0.643. The molecular formula is C10H9BrN4O2. The molecule has 2 aromatic heterocycles. The molecule has 2 aromatic rings. The number of pyridine rings is 1. The molecule has 7 heteroatoms. The fraction of sp³-hybridized carbons (Fsp3) is 0.200. The van der Waals surface area contributed by atoms with Gasteiger partial charge in [0, 0.05) is 12.4 Å². The van der Waals surface area contributed by atoms with Crippen LogP contribution in [0.4, 0.5) is 5.82 Å². The molecule has 0 aliphatic rings. The second-order valence-electron chi connectivity index (χ2n) is 3.63. The molecule has 0 amide bonds. The Labute approximate surface area is 106 Å². The van der Waals surface area contributed by atoms with Crippen molar-refractivity contribution >= 4 is 21.7 Å². The highest BCUT2D eigenvalue weighted by molar-refractivity contribution is 9.10. The van der Waals surface area contributed by atoms with Crippen molar-refractivity contribution in [3.8, 4) is 0 Å². The van der Waals surface area contributed by atoms with Crippen molar-refractivity contribution in [3.63, 3.8) is 0 Å². The molecule has 6 nitrogen and oxygen atoms in total. The van der Waals surface area contributed by atoms with Crippen molar-refractivity contribution in [2.24, 2.45) is 0 Å². The van der Waals surface area contributed by atoms with Gasteiger partial charge in [0.25, 0.3) is 0 Å². The smallest absolute Gasteiger partial charge is 0.358 e. The molecule has 0 radical (unpaired) electrons. The fourth-order valence-corrected chi connectivity index (χ4v) is 1.94. The number of halogens is 1. The third-order valence-corrected chi connectivity index (χ3v) is 2.71. The molecule has 0 bridgehead atoms. The van der Waals surface area contributed by atoms with Crippen LogP contribution in [0.2, 0.25) is 0 Å². The summed E-state index contributed by atoms with van der Waals surface area (Å²) in [5, 5.41) is 14.5. The summed E-state index contributed by atoms with van der Waals surface area (Å²) in [6, 6.07) is 1.97. The van der Waals surface area contributed by atoms with Gasteiger partial charge >= 0.3 is 5.82 Å². The Kier molecular flexibility index (Phi) is 3.19. The molecule has 0 atom stereocenters. The number of nitrogens with zero attached hydrogens (tertiary/aromatic N) is 4. The largest absolute Gasteiger partial charge is 0.404 e. The van der Waals surface area contributed by atoms with Gasteiger partial charge in [0.1, 0.15) is 4.47 Å². The molecule has 0 saturated heterocycles. The lowest BCUT2D eigenvalue weighted by molar-refractivity contribution is -0.390. The fourth-order valence-electron chi connectivity index (χ4n) is 1.48. The SMILES string of the molecule is Cc1cncc(Cn2cc(Br)c([N+](=O)[O-])n2)c1. The topological polar surface area (TPSA) is 73.8 Å². The molecule has 17 heavy (non-hydrogen) atoms. The molecule has 0 aromatic carbocycles. The Bertz CT molecular complexity index is 567. The predicted molar refractivity (Wildman–Crippen MR) is 64.7 cm³/mol. The van der Waals surface area contributed by atoms with Crippen LogP contribution in [0.1, 0.15) is 11.1 Å². The lowest BCUT2D eigenvalue weighted by Gasteiger charge is -1.98. The Morgan fingerprint density at radius 1 is 1.53 bits per heavy atom. The molecule has 0 unspecified atom stereocenters. The maximum atomic E-state index is 10.6. The van der Waals surface area contributed by atoms with Crippen LogP contribution in [0, 0.1) is 17.0 Å². The average molecular weight is 297 g/mol. The number of hydrogen-bond donors (Lipinski definition) is 0. The third kappa shape index (κ3) is 2.68. The van der Waals surface area contributed by atoms with Gasteiger partial charge in [0.05, 0.1) is 17.8 Å². The highest BCUT2D eigenvalue weighted by Gasteiger charge is 2.18. The van der Waals surface area contributed by atoms with Gasteiger partial charge in [-0.05, 0) is 38.9 Å². The van der Waals surface area contributed by atoms with E-state index in [9.17, 15) is 10.1 Å². The van der Waals surface area contributed by atoms with E-state index in [2.05, 4.69) is 26.0 Å². The Hall–Kier alpha value is -1.76. The molecule has 2 heterocycles. The van der Waals surface area contributed by atoms with Crippen LogP contribution in [-0.4, -0.2) is 19.7 Å². The van der Waals surface area contributed by atoms with E-state index in [0.29, 0.717) is 11.0 Å². The van der Waals surface area contributed by atoms with Crippen molar-refractivity contribution in [2.45, 2.75) is 13.5 Å². The van der Waals surface area contributed by atoms with Crippen LogP contribution < -0.4 is 0 Å². The van der Waals surface area contributed by atoms with Gasteiger partial charge in [-0.25, -0.2) is 0 Å². The minimum atomic E-state index is -0.519. The van der Waals surface area contributed by atoms with Crippen molar-refractivity contribution in [2.75, 3.05) is 0 Å². The maximum Gasteiger partial charge on any atom is 0.404 e. The van der Waals surface area contributed by atoms with Gasteiger partial charge in [0.2, 0.25) is 0 Å². The Morgan fingerprint density at radius 2 is 2.29 bits per heavy atom. The van der Waals surface area contributed by atoms with Crippen LogP contribution in [0.3, 0.4) is 0 Å². The zero-order chi connectivity index (χ0) is 12.4. The summed E-state index contributed by atoms with van der Waals surface area (Å²) < 4.78 is 1.89. The standard InChI is InChI=1S/C10H9BrN4O2/c1-7-2-8(4-12-3-7)5-14-6-9(11)10(13-14)15(16)17/h2-4,6H,5H2,1H3. The zero-order valence-corrected chi connectivity index (χ0v) is 10.6. The Balaban J connectivity index is 2.25. The number of aromatic nitrogens is 3. The number of hydrogen-bond acceptors (Lipinski definition) is 4. The van der Waals surface area contributed by atoms with Crippen molar-refractivity contribution in [1.29, 1.82) is 0 Å². The minimum Gasteiger partial charge on any atom is -0.358 e. The average Bonchev–Trinajstić information content (AvgIpc) is 2.59. The van der Waals surface area contributed by atoms with Gasteiger partial charge in [0.15, 0.2) is 0 Å². The van der Waals surface area contributed by atoms with Gasteiger partial charge in [-0.15, -0.1) is 0 Å². The van der Waals surface area contributed by atoms with E-state index < -0.39 is 4.92 Å². The molecule has 88 valence electrons. The van der Waals surface area contributed by atoms with Gasteiger partial charge in [-0.1, -0.05) is 6.07 Å². The van der Waals surface area contributed by atoms with E-state index in [-0.39, 0.29) is 5.82 Å².